The highest BCUT2D eigenvalue weighted by atomic mass is 35.5. The van der Waals surface area contributed by atoms with Crippen LogP contribution in [0.2, 0.25) is 5.02 Å². The zero-order chi connectivity index (χ0) is 21.0. The van der Waals surface area contributed by atoms with E-state index in [4.69, 9.17) is 11.6 Å². The number of carbonyl (C=O) groups is 1. The van der Waals surface area contributed by atoms with E-state index in [1.54, 1.807) is 24.3 Å². The molecule has 0 fully saturated rings. The predicted octanol–water partition coefficient (Wildman–Crippen LogP) is 2.30. The molecule has 152 valence electrons. The quantitative estimate of drug-likeness (QED) is 0.547. The summed E-state index contributed by atoms with van der Waals surface area (Å²) < 4.78 is 26.8. The SMILES string of the molecule is CN(C)S(=O)(=O)c1ccc(NC(=O)CSc2nnnn2-c2ccc(Cl)cc2)cc1. The third kappa shape index (κ3) is 5.12. The summed E-state index contributed by atoms with van der Waals surface area (Å²) in [6.45, 7) is 0. The summed E-state index contributed by atoms with van der Waals surface area (Å²) in [4.78, 5) is 12.4. The zero-order valence-electron chi connectivity index (χ0n) is 15.5. The molecule has 1 aromatic heterocycles. The second kappa shape index (κ2) is 8.91. The van der Waals surface area contributed by atoms with Crippen molar-refractivity contribution >= 4 is 45.0 Å². The number of tetrazole rings is 1. The minimum Gasteiger partial charge on any atom is -0.325 e. The molecule has 1 N–H and O–H groups in total. The van der Waals surface area contributed by atoms with E-state index in [1.165, 1.54) is 54.8 Å². The van der Waals surface area contributed by atoms with E-state index in [1.807, 2.05) is 0 Å². The fourth-order valence-electron chi connectivity index (χ4n) is 2.26. The molecular formula is C17H17ClN6O3S2. The van der Waals surface area contributed by atoms with Crippen molar-refractivity contribution in [3.05, 3.63) is 53.6 Å². The maximum absolute atomic E-state index is 12.2. The molecular weight excluding hydrogens is 436 g/mol. The molecule has 2 aromatic carbocycles. The number of sulfonamides is 1. The molecule has 0 atom stereocenters. The largest absolute Gasteiger partial charge is 0.325 e. The van der Waals surface area contributed by atoms with Gasteiger partial charge in [-0.05, 0) is 59.0 Å². The number of aromatic nitrogens is 4. The average Bonchev–Trinajstić information content (AvgIpc) is 3.16. The van der Waals surface area contributed by atoms with Crippen molar-refractivity contribution in [3.63, 3.8) is 0 Å². The van der Waals surface area contributed by atoms with Gasteiger partial charge in [0.05, 0.1) is 16.3 Å². The van der Waals surface area contributed by atoms with Crippen molar-refractivity contribution in [2.75, 3.05) is 25.2 Å². The molecule has 0 aliphatic heterocycles. The van der Waals surface area contributed by atoms with Crippen LogP contribution in [0.1, 0.15) is 0 Å². The normalized spacial score (nSPS) is 11.6. The van der Waals surface area contributed by atoms with Crippen molar-refractivity contribution in [2.24, 2.45) is 0 Å². The van der Waals surface area contributed by atoms with Gasteiger partial charge in [-0.25, -0.2) is 12.7 Å². The fourth-order valence-corrected chi connectivity index (χ4v) is 3.98. The third-order valence-corrected chi connectivity index (χ3v) is 6.76. The maximum Gasteiger partial charge on any atom is 0.242 e. The Morgan fingerprint density at radius 1 is 1.14 bits per heavy atom. The third-order valence-electron chi connectivity index (χ3n) is 3.76. The minimum atomic E-state index is -3.51. The first-order chi connectivity index (χ1) is 13.8. The van der Waals surface area contributed by atoms with E-state index in [2.05, 4.69) is 20.8 Å². The van der Waals surface area contributed by atoms with Crippen molar-refractivity contribution in [1.82, 2.24) is 24.5 Å². The van der Waals surface area contributed by atoms with Gasteiger partial charge in [0.25, 0.3) is 0 Å². The van der Waals surface area contributed by atoms with Gasteiger partial charge >= 0.3 is 0 Å². The van der Waals surface area contributed by atoms with E-state index in [0.717, 1.165) is 9.99 Å². The van der Waals surface area contributed by atoms with Crippen LogP contribution in [-0.2, 0) is 14.8 Å². The Hall–Kier alpha value is -2.47. The molecule has 3 rings (SSSR count). The summed E-state index contributed by atoms with van der Waals surface area (Å²) in [7, 11) is -0.596. The summed E-state index contributed by atoms with van der Waals surface area (Å²) >= 11 is 7.06. The van der Waals surface area contributed by atoms with Gasteiger partial charge in [-0.15, -0.1) is 5.10 Å². The van der Waals surface area contributed by atoms with Gasteiger partial charge in [0, 0.05) is 24.8 Å². The Morgan fingerprint density at radius 2 is 1.79 bits per heavy atom. The van der Waals surface area contributed by atoms with Crippen LogP contribution in [0.25, 0.3) is 5.69 Å². The zero-order valence-corrected chi connectivity index (χ0v) is 17.9. The van der Waals surface area contributed by atoms with Crippen LogP contribution >= 0.6 is 23.4 Å². The van der Waals surface area contributed by atoms with Crippen molar-refractivity contribution in [2.45, 2.75) is 10.1 Å². The number of hydrogen-bond acceptors (Lipinski definition) is 7. The molecule has 1 amide bonds. The van der Waals surface area contributed by atoms with E-state index in [9.17, 15) is 13.2 Å². The summed E-state index contributed by atoms with van der Waals surface area (Å²) in [5.41, 5.74) is 1.21. The number of nitrogens with one attached hydrogen (secondary N) is 1. The number of anilines is 1. The van der Waals surface area contributed by atoms with E-state index >= 15 is 0 Å². The Morgan fingerprint density at radius 3 is 2.41 bits per heavy atom. The number of thioether (sulfide) groups is 1. The first kappa shape index (κ1) is 21.2. The van der Waals surface area contributed by atoms with Crippen LogP contribution in [0.3, 0.4) is 0 Å². The Bertz CT molecular complexity index is 1100. The summed E-state index contributed by atoms with van der Waals surface area (Å²) in [5.74, 6) is -0.199. The molecule has 9 nitrogen and oxygen atoms in total. The molecule has 1 heterocycles. The lowest BCUT2D eigenvalue weighted by atomic mass is 10.3. The Kier molecular flexibility index (Phi) is 6.52. The molecule has 12 heteroatoms. The van der Waals surface area contributed by atoms with E-state index in [0.29, 0.717) is 15.9 Å². The lowest BCUT2D eigenvalue weighted by Gasteiger charge is -2.12. The summed E-state index contributed by atoms with van der Waals surface area (Å²) in [5, 5.41) is 15.3. The van der Waals surface area contributed by atoms with Crippen molar-refractivity contribution in [3.8, 4) is 5.69 Å². The van der Waals surface area contributed by atoms with Crippen LogP contribution in [0.4, 0.5) is 5.69 Å². The van der Waals surface area contributed by atoms with Gasteiger partial charge in [-0.2, -0.15) is 4.68 Å². The molecule has 0 radical (unpaired) electrons. The van der Waals surface area contributed by atoms with Gasteiger partial charge < -0.3 is 5.32 Å². The molecule has 0 saturated carbocycles. The standard InChI is InChI=1S/C17H17ClN6O3S2/c1-23(2)29(26,27)15-9-5-13(6-10-15)19-16(25)11-28-17-20-21-22-24(17)14-7-3-12(18)4-8-14/h3-10H,11H2,1-2H3,(H,19,25). The predicted molar refractivity (Wildman–Crippen MR) is 111 cm³/mol. The second-order valence-electron chi connectivity index (χ2n) is 6.00. The lowest BCUT2D eigenvalue weighted by Crippen LogP contribution is -2.22. The molecule has 0 bridgehead atoms. The molecule has 0 unspecified atom stereocenters. The summed E-state index contributed by atoms with van der Waals surface area (Å²) in [6, 6.07) is 12.9. The van der Waals surface area contributed by atoms with E-state index in [-0.39, 0.29) is 16.6 Å². The van der Waals surface area contributed by atoms with Gasteiger partial charge in [0.2, 0.25) is 21.1 Å². The number of halogens is 1. The number of nitrogens with zero attached hydrogens (tertiary/aromatic N) is 5. The van der Waals surface area contributed by atoms with Gasteiger partial charge in [-0.1, -0.05) is 23.4 Å². The van der Waals surface area contributed by atoms with Crippen molar-refractivity contribution < 1.29 is 13.2 Å². The molecule has 0 spiro atoms. The van der Waals surface area contributed by atoms with Crippen LogP contribution in [-0.4, -0.2) is 58.7 Å². The van der Waals surface area contributed by atoms with Crippen LogP contribution in [0.15, 0.2) is 58.6 Å². The number of rotatable bonds is 7. The number of carbonyl (C=O) groups excluding carboxylic acids is 1. The first-order valence-electron chi connectivity index (χ1n) is 8.27. The molecule has 0 saturated heterocycles. The summed E-state index contributed by atoms with van der Waals surface area (Å²) in [6.07, 6.45) is 0. The van der Waals surface area contributed by atoms with E-state index < -0.39 is 10.0 Å². The fraction of sp³-hybridized carbons (Fsp3) is 0.176. The molecule has 3 aromatic rings. The lowest BCUT2D eigenvalue weighted by molar-refractivity contribution is -0.113. The number of amides is 1. The van der Waals surface area contributed by atoms with Gasteiger partial charge in [0.15, 0.2) is 0 Å². The molecule has 0 aliphatic carbocycles. The second-order valence-corrected chi connectivity index (χ2v) is 9.53. The maximum atomic E-state index is 12.2. The van der Waals surface area contributed by atoms with Gasteiger partial charge in [0.1, 0.15) is 0 Å². The Labute approximate surface area is 177 Å². The Balaban J connectivity index is 1.61. The highest BCUT2D eigenvalue weighted by molar-refractivity contribution is 7.99. The first-order valence-corrected chi connectivity index (χ1v) is 11.1. The highest BCUT2D eigenvalue weighted by Crippen LogP contribution is 2.21. The average molecular weight is 453 g/mol. The van der Waals surface area contributed by atoms with Crippen LogP contribution in [0.5, 0.6) is 0 Å². The van der Waals surface area contributed by atoms with Crippen molar-refractivity contribution in [1.29, 1.82) is 0 Å². The molecule has 0 aliphatic rings. The van der Waals surface area contributed by atoms with Gasteiger partial charge in [-0.3, -0.25) is 4.79 Å². The topological polar surface area (TPSA) is 110 Å². The monoisotopic (exact) mass is 452 g/mol. The number of benzene rings is 2. The smallest absolute Gasteiger partial charge is 0.242 e. The number of hydrogen-bond donors (Lipinski definition) is 1. The molecule has 29 heavy (non-hydrogen) atoms. The van der Waals surface area contributed by atoms with Crippen LogP contribution in [0, 0.1) is 0 Å². The van der Waals surface area contributed by atoms with Crippen LogP contribution < -0.4 is 5.32 Å². The highest BCUT2D eigenvalue weighted by Gasteiger charge is 2.17. The minimum absolute atomic E-state index is 0.0751.